The Labute approximate surface area is 173 Å². The van der Waals surface area contributed by atoms with Crippen molar-refractivity contribution in [3.63, 3.8) is 0 Å². The van der Waals surface area contributed by atoms with Gasteiger partial charge < -0.3 is 0 Å². The molecule has 0 heterocycles. The molecule has 142 valence electrons. The monoisotopic (exact) mass is 442 g/mol. The fourth-order valence-electron chi connectivity index (χ4n) is 4.04. The third-order valence-electron chi connectivity index (χ3n) is 5.35. The quantitative estimate of drug-likeness (QED) is 0.501. The average Bonchev–Trinajstić information content (AvgIpc) is 2.68. The van der Waals surface area contributed by atoms with E-state index in [0.717, 1.165) is 15.9 Å². The molecule has 0 spiro atoms. The van der Waals surface area contributed by atoms with E-state index in [1.807, 2.05) is 75.4 Å². The van der Waals surface area contributed by atoms with Crippen LogP contribution >= 0.6 is 23.6 Å². The summed E-state index contributed by atoms with van der Waals surface area (Å²) in [5, 5.41) is 3.36. The molecule has 3 aromatic carbocycles. The summed E-state index contributed by atoms with van der Waals surface area (Å²) < 4.78 is 0. The van der Waals surface area contributed by atoms with Crippen LogP contribution in [0.25, 0.3) is 0 Å². The van der Waals surface area contributed by atoms with Gasteiger partial charge in [0.25, 0.3) is 0 Å². The maximum atomic E-state index is 14.3. The van der Waals surface area contributed by atoms with Crippen LogP contribution in [0.3, 0.4) is 0 Å². The topological polar surface area (TPSA) is 17.1 Å². The van der Waals surface area contributed by atoms with Crippen LogP contribution in [0.5, 0.6) is 0 Å². The van der Waals surface area contributed by atoms with Crippen molar-refractivity contribution < 1.29 is 4.79 Å². The molecule has 0 aliphatic carbocycles. The van der Waals surface area contributed by atoms with Gasteiger partial charge >= 0.3 is 157 Å². The second kappa shape index (κ2) is 7.70. The van der Waals surface area contributed by atoms with E-state index < -0.39 is 12.0 Å². The third-order valence-corrected chi connectivity index (χ3v) is 11.8. The first-order valence-electron chi connectivity index (χ1n) is 9.03. The van der Waals surface area contributed by atoms with Gasteiger partial charge in [0.1, 0.15) is 0 Å². The van der Waals surface area contributed by atoms with Crippen LogP contribution in [0.2, 0.25) is 0 Å². The molecular formula is C24H28BrOP. The fourth-order valence-corrected chi connectivity index (χ4v) is 10.1. The molecule has 0 fully saturated rings. The summed E-state index contributed by atoms with van der Waals surface area (Å²) in [7, 11) is 0. The zero-order chi connectivity index (χ0) is 18.9. The van der Waals surface area contributed by atoms with E-state index in [1.54, 1.807) is 0 Å². The normalized spacial score (nSPS) is 13.1. The predicted molar refractivity (Wildman–Crippen MR) is 126 cm³/mol. The second-order valence-corrected chi connectivity index (χ2v) is 13.2. The van der Waals surface area contributed by atoms with Gasteiger partial charge in [0, 0.05) is 0 Å². The van der Waals surface area contributed by atoms with Crippen LogP contribution in [-0.4, -0.2) is 12.2 Å². The van der Waals surface area contributed by atoms with Crippen LogP contribution in [0, 0.1) is 5.41 Å². The summed E-state index contributed by atoms with van der Waals surface area (Å²) in [6.07, 6.45) is 0. The van der Waals surface area contributed by atoms with Gasteiger partial charge in [0.2, 0.25) is 0 Å². The molecule has 0 N–H and O–H groups in total. The Morgan fingerprint density at radius 2 is 0.889 bits per heavy atom. The van der Waals surface area contributed by atoms with E-state index in [-0.39, 0.29) is 17.0 Å². The molecule has 0 unspecified atom stereocenters. The molecule has 0 aliphatic heterocycles. The van der Waals surface area contributed by atoms with Gasteiger partial charge in [0.15, 0.2) is 0 Å². The van der Waals surface area contributed by atoms with Gasteiger partial charge in [-0.15, -0.1) is 17.0 Å². The summed E-state index contributed by atoms with van der Waals surface area (Å²) in [6, 6.07) is 31.1. The van der Waals surface area contributed by atoms with Crippen LogP contribution < -0.4 is 15.9 Å². The minimum atomic E-state index is -3.32. The number of benzene rings is 3. The Balaban J connectivity index is 0.00000261. The van der Waals surface area contributed by atoms with Crippen molar-refractivity contribution >= 4 is 45.0 Å². The minimum absolute atomic E-state index is 0. The van der Waals surface area contributed by atoms with Gasteiger partial charge in [-0.05, 0) is 0 Å². The molecule has 0 bridgehead atoms. The summed E-state index contributed by atoms with van der Waals surface area (Å²) in [5.41, 5.74) is -0.152. The van der Waals surface area contributed by atoms with Crippen LogP contribution in [-0.2, 0) is 4.79 Å². The fraction of sp³-hybridized carbons (Fsp3) is 0.208. The Bertz CT molecular complexity index is 800. The van der Waals surface area contributed by atoms with Crippen molar-refractivity contribution in [2.75, 3.05) is 6.66 Å². The molecule has 0 aromatic heterocycles. The molecule has 0 amide bonds. The Hall–Kier alpha value is -1.76. The van der Waals surface area contributed by atoms with Gasteiger partial charge in [-0.25, -0.2) is 0 Å². The number of rotatable bonds is 4. The molecule has 0 saturated heterocycles. The average molecular weight is 443 g/mol. The van der Waals surface area contributed by atoms with Gasteiger partial charge in [0.05, 0.1) is 0 Å². The summed E-state index contributed by atoms with van der Waals surface area (Å²) in [6.45, 7) is 5.01. The molecule has 3 aromatic rings. The van der Waals surface area contributed by atoms with Crippen LogP contribution in [0.1, 0.15) is 20.8 Å². The van der Waals surface area contributed by atoms with Crippen molar-refractivity contribution in [3.8, 4) is 0 Å². The first-order valence-corrected chi connectivity index (χ1v) is 11.7. The standard InChI is InChI=1S/C24H27OP.BrH/c1-24(2,3)23(25)26(4,20-14-8-5-9-15-20,21-16-10-6-11-17-21)22-18-12-7-13-19-22;/h5-19H,1-4H3;1H. The second-order valence-electron chi connectivity index (χ2n) is 8.13. The van der Waals surface area contributed by atoms with E-state index in [9.17, 15) is 4.79 Å². The molecule has 3 heteroatoms. The Morgan fingerprint density at radius 1 is 0.630 bits per heavy atom. The zero-order valence-corrected chi connectivity index (χ0v) is 19.0. The van der Waals surface area contributed by atoms with Crippen molar-refractivity contribution in [1.29, 1.82) is 0 Å². The summed E-state index contributed by atoms with van der Waals surface area (Å²) >= 11 is 0. The van der Waals surface area contributed by atoms with E-state index in [2.05, 4.69) is 43.1 Å². The van der Waals surface area contributed by atoms with Gasteiger partial charge in [-0.2, -0.15) is 0 Å². The number of hydrogen-bond donors (Lipinski definition) is 0. The molecule has 1 nitrogen and oxygen atoms in total. The van der Waals surface area contributed by atoms with Crippen molar-refractivity contribution in [3.05, 3.63) is 91.0 Å². The van der Waals surface area contributed by atoms with Gasteiger partial charge in [-0.1, -0.05) is 0 Å². The number of carbonyl (C=O) groups is 1. The summed E-state index contributed by atoms with van der Waals surface area (Å²) in [4.78, 5) is 14.3. The number of hydrogen-bond acceptors (Lipinski definition) is 1. The summed E-state index contributed by atoms with van der Waals surface area (Å²) in [5.74, 6) is 0. The molecule has 27 heavy (non-hydrogen) atoms. The molecule has 0 saturated carbocycles. The Kier molecular flexibility index (Phi) is 6.14. The SMILES string of the molecule is Br.CC(C)(C)C(=O)P(C)(c1ccccc1)(c1ccccc1)c1ccccc1. The number of halogens is 1. The molecule has 0 aliphatic rings. The first kappa shape index (κ1) is 21.5. The van der Waals surface area contributed by atoms with E-state index in [0.29, 0.717) is 5.52 Å². The molecule has 0 atom stereocenters. The maximum absolute atomic E-state index is 14.3. The molecule has 0 radical (unpaired) electrons. The third kappa shape index (κ3) is 3.30. The first-order chi connectivity index (χ1) is 12.3. The van der Waals surface area contributed by atoms with Crippen molar-refractivity contribution in [1.82, 2.24) is 0 Å². The van der Waals surface area contributed by atoms with E-state index in [1.165, 1.54) is 0 Å². The van der Waals surface area contributed by atoms with Crippen molar-refractivity contribution in [2.24, 2.45) is 5.41 Å². The van der Waals surface area contributed by atoms with E-state index >= 15 is 0 Å². The van der Waals surface area contributed by atoms with Gasteiger partial charge in [-0.3, -0.25) is 0 Å². The zero-order valence-electron chi connectivity index (χ0n) is 16.4. The number of carbonyl (C=O) groups excluding carboxylic acids is 1. The van der Waals surface area contributed by atoms with Crippen molar-refractivity contribution in [2.45, 2.75) is 20.8 Å². The van der Waals surface area contributed by atoms with Crippen LogP contribution in [0.4, 0.5) is 0 Å². The molecular weight excluding hydrogens is 415 g/mol. The van der Waals surface area contributed by atoms with Crippen LogP contribution in [0.15, 0.2) is 91.0 Å². The molecule has 3 rings (SSSR count). The predicted octanol–water partition coefficient (Wildman–Crippen LogP) is 5.30. The Morgan fingerprint density at radius 3 is 1.11 bits per heavy atom. The van der Waals surface area contributed by atoms with E-state index in [4.69, 9.17) is 0 Å².